The Bertz CT molecular complexity index is 521. The fourth-order valence-corrected chi connectivity index (χ4v) is 3.38. The van der Waals surface area contributed by atoms with Crippen LogP contribution in [0.3, 0.4) is 0 Å². The molecule has 2 nitrogen and oxygen atoms in total. The van der Waals surface area contributed by atoms with E-state index in [9.17, 15) is 13.6 Å². The van der Waals surface area contributed by atoms with Gasteiger partial charge in [0.15, 0.2) is 11.6 Å². The molecule has 0 N–H and O–H groups in total. The smallest absolute Gasteiger partial charge is 0.225 e. The van der Waals surface area contributed by atoms with Crippen molar-refractivity contribution in [3.05, 3.63) is 35.4 Å². The fourth-order valence-electron chi connectivity index (χ4n) is 3.38. The number of fused-ring (bicyclic) bond motifs is 1. The van der Waals surface area contributed by atoms with Crippen molar-refractivity contribution in [2.45, 2.75) is 32.7 Å². The van der Waals surface area contributed by atoms with Crippen LogP contribution in [0.25, 0.3) is 0 Å². The third kappa shape index (κ3) is 2.56. The maximum atomic E-state index is 13.2. The zero-order chi connectivity index (χ0) is 14.3. The number of rotatable bonds is 4. The second-order valence-electron chi connectivity index (χ2n) is 6.03. The first kappa shape index (κ1) is 13.5. The molecule has 2 aliphatic carbocycles. The lowest BCUT2D eigenvalue weighted by Crippen LogP contribution is -2.35. The van der Waals surface area contributed by atoms with Crippen LogP contribution < -0.4 is 0 Å². The second kappa shape index (κ2) is 5.15. The van der Waals surface area contributed by atoms with Gasteiger partial charge in [-0.1, -0.05) is 6.07 Å². The third-order valence-corrected chi connectivity index (χ3v) is 4.64. The van der Waals surface area contributed by atoms with Crippen molar-refractivity contribution in [3.63, 3.8) is 0 Å². The molecule has 0 saturated heterocycles. The summed E-state index contributed by atoms with van der Waals surface area (Å²) in [6, 6.07) is 3.84. The molecule has 0 aromatic heterocycles. The van der Waals surface area contributed by atoms with E-state index in [4.69, 9.17) is 0 Å². The molecule has 20 heavy (non-hydrogen) atoms. The largest absolute Gasteiger partial charge is 0.338 e. The molecule has 3 rings (SSSR count). The number of halogens is 2. The van der Waals surface area contributed by atoms with Crippen LogP contribution in [-0.2, 0) is 11.3 Å². The second-order valence-corrected chi connectivity index (χ2v) is 6.03. The SMILES string of the molecule is CCN(Cc1ccc(F)c(F)c1)C(=O)C1CC2CC2C1. The predicted molar refractivity (Wildman–Crippen MR) is 71.8 cm³/mol. The van der Waals surface area contributed by atoms with Gasteiger partial charge in [0.1, 0.15) is 0 Å². The first-order valence-electron chi connectivity index (χ1n) is 7.31. The van der Waals surface area contributed by atoms with Crippen molar-refractivity contribution in [3.8, 4) is 0 Å². The Labute approximate surface area is 117 Å². The Morgan fingerprint density at radius 1 is 1.20 bits per heavy atom. The Morgan fingerprint density at radius 3 is 2.50 bits per heavy atom. The van der Waals surface area contributed by atoms with E-state index in [0.717, 1.165) is 30.7 Å². The summed E-state index contributed by atoms with van der Waals surface area (Å²) < 4.78 is 26.1. The lowest BCUT2D eigenvalue weighted by atomic mass is 10.0. The molecule has 1 amide bonds. The number of hydrogen-bond acceptors (Lipinski definition) is 1. The molecular weight excluding hydrogens is 260 g/mol. The Balaban J connectivity index is 1.66. The van der Waals surface area contributed by atoms with Crippen LogP contribution in [-0.4, -0.2) is 17.4 Å². The van der Waals surface area contributed by atoms with Gasteiger partial charge >= 0.3 is 0 Å². The first-order chi connectivity index (χ1) is 9.58. The minimum absolute atomic E-state index is 0.143. The Hall–Kier alpha value is -1.45. The highest BCUT2D eigenvalue weighted by Gasteiger charge is 2.48. The van der Waals surface area contributed by atoms with Gasteiger partial charge in [-0.3, -0.25) is 4.79 Å². The number of hydrogen-bond donors (Lipinski definition) is 0. The average Bonchev–Trinajstić information content (AvgIpc) is 3.05. The van der Waals surface area contributed by atoms with Gasteiger partial charge in [-0.2, -0.15) is 0 Å². The fraction of sp³-hybridized carbons (Fsp3) is 0.562. The summed E-state index contributed by atoms with van der Waals surface area (Å²) >= 11 is 0. The standard InChI is InChI=1S/C16H19F2NO/c1-2-19(9-10-3-4-14(17)15(18)5-10)16(20)13-7-11-6-12(11)8-13/h3-5,11-13H,2,6-9H2,1H3. The van der Waals surface area contributed by atoms with Crippen LogP contribution >= 0.6 is 0 Å². The van der Waals surface area contributed by atoms with E-state index in [1.807, 2.05) is 6.92 Å². The lowest BCUT2D eigenvalue weighted by molar-refractivity contribution is -0.136. The highest BCUT2D eigenvalue weighted by molar-refractivity contribution is 5.79. The van der Waals surface area contributed by atoms with Crippen molar-refractivity contribution >= 4 is 5.91 Å². The predicted octanol–water partition coefficient (Wildman–Crippen LogP) is 3.36. The number of carbonyl (C=O) groups excluding carboxylic acids is 1. The summed E-state index contributed by atoms with van der Waals surface area (Å²) in [6.07, 6.45) is 3.31. The van der Waals surface area contributed by atoms with Gasteiger partial charge in [-0.15, -0.1) is 0 Å². The highest BCUT2D eigenvalue weighted by Crippen LogP contribution is 2.54. The first-order valence-corrected chi connectivity index (χ1v) is 7.31. The summed E-state index contributed by atoms with van der Waals surface area (Å²) in [7, 11) is 0. The van der Waals surface area contributed by atoms with Gasteiger partial charge in [0.05, 0.1) is 0 Å². The molecule has 4 heteroatoms. The van der Waals surface area contributed by atoms with Crippen LogP contribution in [0.4, 0.5) is 8.78 Å². The van der Waals surface area contributed by atoms with E-state index in [-0.39, 0.29) is 11.8 Å². The summed E-state index contributed by atoms with van der Waals surface area (Å²) in [5.41, 5.74) is 0.641. The van der Waals surface area contributed by atoms with Crippen LogP contribution in [0, 0.1) is 29.4 Å². The Morgan fingerprint density at radius 2 is 1.90 bits per heavy atom. The molecule has 2 unspecified atom stereocenters. The number of benzene rings is 1. The summed E-state index contributed by atoms with van der Waals surface area (Å²) in [4.78, 5) is 14.2. The van der Waals surface area contributed by atoms with Crippen molar-refractivity contribution in [2.24, 2.45) is 17.8 Å². The Kier molecular flexibility index (Phi) is 3.48. The van der Waals surface area contributed by atoms with Gasteiger partial charge in [0.25, 0.3) is 0 Å². The van der Waals surface area contributed by atoms with Gasteiger partial charge in [0, 0.05) is 19.0 Å². The molecule has 2 saturated carbocycles. The van der Waals surface area contributed by atoms with E-state index >= 15 is 0 Å². The number of nitrogens with zero attached hydrogens (tertiary/aromatic N) is 1. The molecule has 1 aromatic carbocycles. The molecule has 2 atom stereocenters. The zero-order valence-corrected chi connectivity index (χ0v) is 11.6. The maximum Gasteiger partial charge on any atom is 0.225 e. The molecule has 2 fully saturated rings. The molecule has 0 spiro atoms. The molecule has 2 aliphatic rings. The van der Waals surface area contributed by atoms with Gasteiger partial charge in [-0.05, 0) is 55.7 Å². The summed E-state index contributed by atoms with van der Waals surface area (Å²) in [5.74, 6) is 0.150. The van der Waals surface area contributed by atoms with Gasteiger partial charge in [-0.25, -0.2) is 8.78 Å². The summed E-state index contributed by atoms with van der Waals surface area (Å²) in [5, 5.41) is 0. The minimum atomic E-state index is -0.854. The summed E-state index contributed by atoms with van der Waals surface area (Å²) in [6.45, 7) is 2.88. The minimum Gasteiger partial charge on any atom is -0.338 e. The highest BCUT2D eigenvalue weighted by atomic mass is 19.2. The number of amides is 1. The van der Waals surface area contributed by atoms with Gasteiger partial charge in [0.2, 0.25) is 5.91 Å². The van der Waals surface area contributed by atoms with E-state index < -0.39 is 11.6 Å². The van der Waals surface area contributed by atoms with E-state index in [1.165, 1.54) is 12.5 Å². The van der Waals surface area contributed by atoms with Crippen LogP contribution in [0.15, 0.2) is 18.2 Å². The topological polar surface area (TPSA) is 20.3 Å². The quantitative estimate of drug-likeness (QED) is 0.827. The molecular formula is C16H19F2NO. The van der Waals surface area contributed by atoms with Crippen LogP contribution in [0.2, 0.25) is 0 Å². The zero-order valence-electron chi connectivity index (χ0n) is 11.6. The van der Waals surface area contributed by atoms with Crippen LogP contribution in [0.5, 0.6) is 0 Å². The molecule has 108 valence electrons. The van der Waals surface area contributed by atoms with Crippen molar-refractivity contribution in [2.75, 3.05) is 6.54 Å². The third-order valence-electron chi connectivity index (χ3n) is 4.64. The van der Waals surface area contributed by atoms with Crippen LogP contribution in [0.1, 0.15) is 31.7 Å². The monoisotopic (exact) mass is 279 g/mol. The average molecular weight is 279 g/mol. The van der Waals surface area contributed by atoms with Crippen molar-refractivity contribution < 1.29 is 13.6 Å². The molecule has 1 aromatic rings. The van der Waals surface area contributed by atoms with E-state index in [2.05, 4.69) is 0 Å². The molecule has 0 aliphatic heterocycles. The van der Waals surface area contributed by atoms with E-state index in [1.54, 1.807) is 11.0 Å². The molecule has 0 bridgehead atoms. The van der Waals surface area contributed by atoms with Crippen molar-refractivity contribution in [1.82, 2.24) is 4.90 Å². The number of carbonyl (C=O) groups is 1. The lowest BCUT2D eigenvalue weighted by Gasteiger charge is -2.25. The van der Waals surface area contributed by atoms with Crippen molar-refractivity contribution in [1.29, 1.82) is 0 Å². The molecule has 0 heterocycles. The molecule has 0 radical (unpaired) electrons. The van der Waals surface area contributed by atoms with Gasteiger partial charge < -0.3 is 4.90 Å². The maximum absolute atomic E-state index is 13.2. The normalized spacial score (nSPS) is 27.2. The van der Waals surface area contributed by atoms with E-state index in [0.29, 0.717) is 18.7 Å².